The van der Waals surface area contributed by atoms with Gasteiger partial charge in [-0.15, -0.1) is 0 Å². The zero-order valence-electron chi connectivity index (χ0n) is 18.9. The number of aliphatic hydroxyl groups is 1. The smallest absolute Gasteiger partial charge is 0.217 e. The Hall–Kier alpha value is -0.330. The first-order valence-corrected chi connectivity index (χ1v) is 13.7. The van der Waals surface area contributed by atoms with Gasteiger partial charge in [0.05, 0.1) is 11.8 Å². The van der Waals surface area contributed by atoms with Crippen LogP contribution >= 0.6 is 0 Å². The number of hydrazine groups is 2. The number of rotatable bonds is 5. The molecule has 6 unspecified atom stereocenters. The Morgan fingerprint density at radius 3 is 2.71 bits per heavy atom. The van der Waals surface area contributed by atoms with E-state index in [0.717, 1.165) is 51.6 Å². The van der Waals surface area contributed by atoms with Crippen molar-refractivity contribution in [1.82, 2.24) is 30.9 Å². The van der Waals surface area contributed by atoms with Crippen LogP contribution < -0.4 is 20.9 Å². The lowest BCUT2D eigenvalue weighted by Crippen LogP contribution is -2.59. The minimum atomic E-state index is -3.42. The molecule has 0 spiro atoms. The van der Waals surface area contributed by atoms with E-state index in [0.29, 0.717) is 24.9 Å². The summed E-state index contributed by atoms with van der Waals surface area (Å²) in [4.78, 5) is 0. The average Bonchev–Trinajstić information content (AvgIpc) is 3.35. The Morgan fingerprint density at radius 2 is 1.94 bits per heavy atom. The fourth-order valence-electron chi connectivity index (χ4n) is 7.00. The molecular weight excluding hydrogens is 416 g/mol. The van der Waals surface area contributed by atoms with Gasteiger partial charge in [-0.3, -0.25) is 10.9 Å². The van der Waals surface area contributed by atoms with Crippen LogP contribution in [0.25, 0.3) is 0 Å². The molecule has 2 aliphatic carbocycles. The van der Waals surface area contributed by atoms with Crippen LogP contribution in [0.3, 0.4) is 0 Å². The Balaban J connectivity index is 1.19. The van der Waals surface area contributed by atoms with Gasteiger partial charge < -0.3 is 10.4 Å². The third-order valence-electron chi connectivity index (χ3n) is 8.63. The van der Waals surface area contributed by atoms with Crippen molar-refractivity contribution >= 4 is 10.0 Å². The van der Waals surface area contributed by atoms with E-state index in [4.69, 9.17) is 0 Å². The molecular formula is C21H40N6O3S. The van der Waals surface area contributed by atoms with Gasteiger partial charge in [0.2, 0.25) is 10.0 Å². The van der Waals surface area contributed by atoms with Crippen LogP contribution in [0, 0.1) is 17.8 Å². The Morgan fingerprint density at radius 1 is 1.13 bits per heavy atom. The highest BCUT2D eigenvalue weighted by Gasteiger charge is 2.49. The van der Waals surface area contributed by atoms with Gasteiger partial charge in [-0.1, -0.05) is 13.3 Å². The molecule has 178 valence electrons. The predicted molar refractivity (Wildman–Crippen MR) is 119 cm³/mol. The number of hydrogen-bond acceptors (Lipinski definition) is 8. The topological polar surface area (TPSA) is 109 Å². The molecule has 6 atom stereocenters. The fourth-order valence-corrected chi connectivity index (χ4v) is 8.52. The van der Waals surface area contributed by atoms with E-state index in [1.54, 1.807) is 0 Å². The molecule has 5 rings (SSSR count). The summed E-state index contributed by atoms with van der Waals surface area (Å²) in [5, 5.41) is 18.2. The highest BCUT2D eigenvalue weighted by molar-refractivity contribution is 7.90. The van der Waals surface area contributed by atoms with E-state index in [1.807, 2.05) is 7.05 Å². The zero-order chi connectivity index (χ0) is 21.8. The van der Waals surface area contributed by atoms with E-state index in [2.05, 4.69) is 37.8 Å². The quantitative estimate of drug-likeness (QED) is 0.379. The SMILES string of the molecule is CC1CC(O)(C2CCNC(N3CC(S(=O)(=O)NC4CCCC5CNN(C)C54)CN3)C2)C1. The Labute approximate surface area is 186 Å². The van der Waals surface area contributed by atoms with Crippen LogP contribution in [-0.4, -0.2) is 85.9 Å². The molecule has 5 aliphatic rings. The number of likely N-dealkylation sites (N-methyl/N-ethyl adjacent to an activating group) is 1. The molecule has 31 heavy (non-hydrogen) atoms. The normalized spacial score (nSPS) is 47.3. The fraction of sp³-hybridized carbons (Fsp3) is 1.00. The molecule has 5 N–H and O–H groups in total. The lowest BCUT2D eigenvalue weighted by Gasteiger charge is -2.51. The van der Waals surface area contributed by atoms with Gasteiger partial charge in [0.1, 0.15) is 5.25 Å². The van der Waals surface area contributed by atoms with Crippen LogP contribution in [-0.2, 0) is 10.0 Å². The van der Waals surface area contributed by atoms with E-state index >= 15 is 0 Å². The van der Waals surface area contributed by atoms with Gasteiger partial charge in [0, 0.05) is 38.8 Å². The summed E-state index contributed by atoms with van der Waals surface area (Å²) in [7, 11) is -1.40. The summed E-state index contributed by atoms with van der Waals surface area (Å²) in [5.74, 6) is 1.42. The first kappa shape index (κ1) is 22.5. The number of nitrogens with zero attached hydrogens (tertiary/aromatic N) is 2. The maximum Gasteiger partial charge on any atom is 0.217 e. The summed E-state index contributed by atoms with van der Waals surface area (Å²) < 4.78 is 29.6. The van der Waals surface area contributed by atoms with Crippen LogP contribution in [0.4, 0.5) is 0 Å². The van der Waals surface area contributed by atoms with Gasteiger partial charge in [0.25, 0.3) is 0 Å². The lowest BCUT2D eigenvalue weighted by atomic mass is 9.62. The van der Waals surface area contributed by atoms with Crippen LogP contribution in [0.5, 0.6) is 0 Å². The molecule has 0 aromatic heterocycles. The average molecular weight is 457 g/mol. The van der Waals surface area contributed by atoms with Crippen molar-refractivity contribution in [1.29, 1.82) is 0 Å². The summed E-state index contributed by atoms with van der Waals surface area (Å²) in [5.41, 5.74) is 6.19. The van der Waals surface area contributed by atoms with Crippen molar-refractivity contribution in [2.75, 3.05) is 33.2 Å². The molecule has 10 heteroatoms. The Kier molecular flexibility index (Phi) is 6.13. The van der Waals surface area contributed by atoms with Gasteiger partial charge >= 0.3 is 0 Å². The van der Waals surface area contributed by atoms with Crippen LogP contribution in [0.15, 0.2) is 0 Å². The number of sulfonamides is 1. The molecule has 0 radical (unpaired) electrons. The second kappa shape index (κ2) is 8.47. The number of nitrogens with one attached hydrogen (secondary N) is 4. The first-order valence-electron chi connectivity index (χ1n) is 12.2. The standard InChI is InChI=1S/C21H40N6O3S/c1-14-9-21(28,10-14)16-6-7-22-19(8-16)27-13-17(12-24-27)31(29,30)25-18-5-3-4-15-11-23-26(2)20(15)18/h14-20,22-25,28H,3-13H2,1-2H3. The largest absolute Gasteiger partial charge is 0.390 e. The second-order valence-electron chi connectivity index (χ2n) is 10.9. The molecule has 0 aromatic carbocycles. The molecule has 3 aliphatic heterocycles. The van der Waals surface area contributed by atoms with Gasteiger partial charge in [0.15, 0.2) is 0 Å². The first-order chi connectivity index (χ1) is 14.7. The maximum absolute atomic E-state index is 13.3. The van der Waals surface area contributed by atoms with Crippen molar-refractivity contribution in [3.8, 4) is 0 Å². The Bertz CT molecular complexity index is 758. The third-order valence-corrected chi connectivity index (χ3v) is 10.5. The van der Waals surface area contributed by atoms with Crippen molar-refractivity contribution in [2.24, 2.45) is 17.8 Å². The van der Waals surface area contributed by atoms with E-state index in [9.17, 15) is 13.5 Å². The van der Waals surface area contributed by atoms with E-state index in [1.165, 1.54) is 6.42 Å². The molecule has 5 fully saturated rings. The van der Waals surface area contributed by atoms with Crippen LogP contribution in [0.1, 0.15) is 51.9 Å². The summed E-state index contributed by atoms with van der Waals surface area (Å²) in [6.07, 6.45) is 6.85. The molecule has 9 nitrogen and oxygen atoms in total. The molecule has 0 amide bonds. The number of piperidine rings is 1. The van der Waals surface area contributed by atoms with Gasteiger partial charge in [-0.05, 0) is 62.8 Å². The molecule has 3 heterocycles. The number of hydrogen-bond donors (Lipinski definition) is 5. The highest BCUT2D eigenvalue weighted by Crippen LogP contribution is 2.46. The van der Waals surface area contributed by atoms with Crippen molar-refractivity contribution < 1.29 is 13.5 Å². The molecule has 2 saturated carbocycles. The highest BCUT2D eigenvalue weighted by atomic mass is 32.2. The third kappa shape index (κ3) is 4.30. The van der Waals surface area contributed by atoms with Gasteiger partial charge in [-0.25, -0.2) is 23.2 Å². The minimum Gasteiger partial charge on any atom is -0.390 e. The zero-order valence-corrected chi connectivity index (χ0v) is 19.7. The van der Waals surface area contributed by atoms with Crippen molar-refractivity contribution in [3.63, 3.8) is 0 Å². The maximum atomic E-state index is 13.3. The molecule has 0 bridgehead atoms. The van der Waals surface area contributed by atoms with Crippen molar-refractivity contribution in [3.05, 3.63) is 0 Å². The predicted octanol–water partition coefficient (Wildman–Crippen LogP) is -0.431. The van der Waals surface area contributed by atoms with Gasteiger partial charge in [-0.2, -0.15) is 0 Å². The van der Waals surface area contributed by atoms with E-state index in [-0.39, 0.29) is 24.2 Å². The monoisotopic (exact) mass is 456 g/mol. The lowest BCUT2D eigenvalue weighted by molar-refractivity contribution is -0.130. The van der Waals surface area contributed by atoms with Crippen LogP contribution in [0.2, 0.25) is 0 Å². The second-order valence-corrected chi connectivity index (χ2v) is 12.9. The summed E-state index contributed by atoms with van der Waals surface area (Å²) in [6, 6.07) is 0.213. The summed E-state index contributed by atoms with van der Waals surface area (Å²) in [6.45, 7) is 4.92. The summed E-state index contributed by atoms with van der Waals surface area (Å²) >= 11 is 0. The van der Waals surface area contributed by atoms with Crippen molar-refractivity contribution in [2.45, 2.75) is 81.0 Å². The minimum absolute atomic E-state index is 0.0233. The molecule has 3 saturated heterocycles. The molecule has 0 aromatic rings. The van der Waals surface area contributed by atoms with E-state index < -0.39 is 20.9 Å². The number of fused-ring (bicyclic) bond motifs is 1.